The molecule has 0 bridgehead atoms. The Morgan fingerprint density at radius 1 is 0.562 bits per heavy atom. The molecule has 0 saturated carbocycles. The number of aryl methyl sites for hydroxylation is 1. The van der Waals surface area contributed by atoms with Gasteiger partial charge in [-0.1, -0.05) is 85.0 Å². The molecule has 0 radical (unpaired) electrons. The van der Waals surface area contributed by atoms with Crippen molar-refractivity contribution in [3.05, 3.63) is 154 Å². The summed E-state index contributed by atoms with van der Waals surface area (Å²) in [7, 11) is 0. The molecule has 0 amide bonds. The maximum absolute atomic E-state index is 6.35. The van der Waals surface area contributed by atoms with Crippen molar-refractivity contribution in [1.29, 1.82) is 0 Å². The highest BCUT2D eigenvalue weighted by Gasteiger charge is 2.24. The summed E-state index contributed by atoms with van der Waals surface area (Å²) in [5.41, 5.74) is 17.3. The predicted octanol–water partition coefficient (Wildman–Crippen LogP) is 9.62. The van der Waals surface area contributed by atoms with Gasteiger partial charge in [0.2, 0.25) is 0 Å². The van der Waals surface area contributed by atoms with Crippen LogP contribution in [0.2, 0.25) is 0 Å². The van der Waals surface area contributed by atoms with Crippen molar-refractivity contribution < 1.29 is 4.42 Å². The molecule has 48 heavy (non-hydrogen) atoms. The van der Waals surface area contributed by atoms with Crippen LogP contribution in [0.4, 0.5) is 0 Å². The average Bonchev–Trinajstić information content (AvgIpc) is 3.73. The zero-order valence-electron chi connectivity index (χ0n) is 26.8. The molecule has 0 fully saturated rings. The van der Waals surface area contributed by atoms with Crippen LogP contribution in [0.3, 0.4) is 0 Å². The third kappa shape index (κ3) is 4.34. The summed E-state index contributed by atoms with van der Waals surface area (Å²) < 4.78 is 6.35. The SMILES string of the molecule is C1=CC2=C(CC1)c1cccc(-c3ccc(C4=c5cccc(-c6ccc(-c7cccc8c9c(oc78)C=CCC9)nc6)c5=CCC4)cn3)c1C2. The fourth-order valence-corrected chi connectivity index (χ4v) is 8.42. The molecule has 0 aliphatic heterocycles. The van der Waals surface area contributed by atoms with Gasteiger partial charge in [-0.15, -0.1) is 0 Å². The summed E-state index contributed by atoms with van der Waals surface area (Å²) in [6.07, 6.45) is 22.8. The molecule has 4 aliphatic rings. The van der Waals surface area contributed by atoms with Gasteiger partial charge in [0.25, 0.3) is 0 Å². The van der Waals surface area contributed by atoms with E-state index in [1.54, 1.807) is 0 Å². The molecule has 0 atom stereocenters. The lowest BCUT2D eigenvalue weighted by Crippen LogP contribution is -2.31. The van der Waals surface area contributed by atoms with Crippen molar-refractivity contribution in [2.75, 3.05) is 0 Å². The Kier molecular flexibility index (Phi) is 6.33. The van der Waals surface area contributed by atoms with E-state index in [4.69, 9.17) is 14.4 Å². The van der Waals surface area contributed by atoms with E-state index in [0.717, 1.165) is 78.8 Å². The normalized spacial score (nSPS) is 16.0. The molecule has 0 saturated heterocycles. The van der Waals surface area contributed by atoms with Crippen LogP contribution in [0.15, 0.2) is 119 Å². The second-order valence-electron chi connectivity index (χ2n) is 13.4. The van der Waals surface area contributed by atoms with Crippen LogP contribution in [0.5, 0.6) is 0 Å². The minimum absolute atomic E-state index is 0.933. The fourth-order valence-electron chi connectivity index (χ4n) is 8.42. The van der Waals surface area contributed by atoms with Crippen molar-refractivity contribution in [3.8, 4) is 33.6 Å². The third-order valence-corrected chi connectivity index (χ3v) is 10.7. The molecule has 3 aromatic carbocycles. The molecule has 3 heteroatoms. The van der Waals surface area contributed by atoms with Gasteiger partial charge in [0.15, 0.2) is 0 Å². The van der Waals surface area contributed by atoms with Crippen molar-refractivity contribution in [2.24, 2.45) is 0 Å². The summed E-state index contributed by atoms with van der Waals surface area (Å²) in [5.74, 6) is 0.987. The van der Waals surface area contributed by atoms with Gasteiger partial charge >= 0.3 is 0 Å². The van der Waals surface area contributed by atoms with Gasteiger partial charge in [0, 0.05) is 40.0 Å². The molecule has 6 aromatic rings. The largest absolute Gasteiger partial charge is 0.456 e. The molecule has 0 N–H and O–H groups in total. The highest BCUT2D eigenvalue weighted by atomic mass is 16.3. The number of fused-ring (bicyclic) bond motifs is 6. The van der Waals surface area contributed by atoms with Gasteiger partial charge in [0.1, 0.15) is 11.3 Å². The first-order chi connectivity index (χ1) is 23.8. The zero-order valence-corrected chi connectivity index (χ0v) is 26.8. The Morgan fingerprint density at radius 3 is 2.19 bits per heavy atom. The quantitative estimate of drug-likeness (QED) is 0.198. The number of nitrogens with zero attached hydrogens (tertiary/aromatic N) is 2. The summed E-state index contributed by atoms with van der Waals surface area (Å²) in [4.78, 5) is 10.0. The lowest BCUT2D eigenvalue weighted by molar-refractivity contribution is 0.596. The molecular weight excluding hydrogens is 585 g/mol. The number of rotatable bonds is 4. The monoisotopic (exact) mass is 618 g/mol. The second kappa shape index (κ2) is 11.0. The molecule has 10 rings (SSSR count). The van der Waals surface area contributed by atoms with E-state index in [2.05, 4.69) is 115 Å². The van der Waals surface area contributed by atoms with Gasteiger partial charge in [0.05, 0.1) is 11.4 Å². The van der Waals surface area contributed by atoms with E-state index in [1.807, 2.05) is 6.20 Å². The van der Waals surface area contributed by atoms with E-state index < -0.39 is 0 Å². The first-order valence-corrected chi connectivity index (χ1v) is 17.3. The zero-order chi connectivity index (χ0) is 31.6. The van der Waals surface area contributed by atoms with Crippen LogP contribution in [0.25, 0.3) is 67.9 Å². The number of aromatic nitrogens is 2. The van der Waals surface area contributed by atoms with Gasteiger partial charge in [-0.25, -0.2) is 0 Å². The summed E-state index contributed by atoms with van der Waals surface area (Å²) in [6, 6.07) is 28.7. The minimum Gasteiger partial charge on any atom is -0.456 e. The molecular formula is C45H34N2O. The smallest absolute Gasteiger partial charge is 0.144 e. The predicted molar refractivity (Wildman–Crippen MR) is 196 cm³/mol. The van der Waals surface area contributed by atoms with Crippen molar-refractivity contribution in [2.45, 2.75) is 44.9 Å². The molecule has 0 spiro atoms. The van der Waals surface area contributed by atoms with E-state index in [1.165, 1.54) is 65.9 Å². The van der Waals surface area contributed by atoms with Crippen molar-refractivity contribution >= 4 is 34.3 Å². The van der Waals surface area contributed by atoms with Crippen molar-refractivity contribution in [3.63, 3.8) is 0 Å². The highest BCUT2D eigenvalue weighted by Crippen LogP contribution is 2.43. The number of pyridine rings is 2. The van der Waals surface area contributed by atoms with Crippen molar-refractivity contribution in [1.82, 2.24) is 9.97 Å². The number of para-hydroxylation sites is 1. The Hall–Kier alpha value is -5.54. The molecule has 3 aromatic heterocycles. The maximum atomic E-state index is 6.35. The van der Waals surface area contributed by atoms with Gasteiger partial charge in [-0.3, -0.25) is 9.97 Å². The lowest BCUT2D eigenvalue weighted by atomic mass is 9.90. The Bertz CT molecular complexity index is 2510. The minimum atomic E-state index is 0.933. The molecule has 230 valence electrons. The van der Waals surface area contributed by atoms with Crippen LogP contribution in [-0.2, 0) is 12.8 Å². The third-order valence-electron chi connectivity index (χ3n) is 10.7. The topological polar surface area (TPSA) is 38.9 Å². The molecule has 0 unspecified atom stereocenters. The second-order valence-corrected chi connectivity index (χ2v) is 13.4. The highest BCUT2D eigenvalue weighted by molar-refractivity contribution is 5.96. The summed E-state index contributed by atoms with van der Waals surface area (Å²) in [6.45, 7) is 0. The molecule has 3 heterocycles. The van der Waals surface area contributed by atoms with E-state index in [9.17, 15) is 0 Å². The molecule has 3 nitrogen and oxygen atoms in total. The van der Waals surface area contributed by atoms with E-state index in [0.29, 0.717) is 0 Å². The maximum Gasteiger partial charge on any atom is 0.144 e. The Labute approximate surface area is 280 Å². The van der Waals surface area contributed by atoms with Crippen LogP contribution >= 0.6 is 0 Å². The van der Waals surface area contributed by atoms with Crippen LogP contribution < -0.4 is 10.4 Å². The number of hydrogen-bond donors (Lipinski definition) is 0. The number of furan rings is 1. The average molecular weight is 619 g/mol. The first kappa shape index (κ1) is 27.6. The molecule has 4 aliphatic carbocycles. The summed E-state index contributed by atoms with van der Waals surface area (Å²) >= 11 is 0. The number of benzene rings is 3. The Balaban J connectivity index is 0.992. The van der Waals surface area contributed by atoms with Crippen LogP contribution in [0.1, 0.15) is 60.1 Å². The first-order valence-electron chi connectivity index (χ1n) is 17.3. The summed E-state index contributed by atoms with van der Waals surface area (Å²) in [5, 5.41) is 3.78. The number of hydrogen-bond acceptors (Lipinski definition) is 3. The van der Waals surface area contributed by atoms with Crippen LogP contribution in [0, 0.1) is 0 Å². The fraction of sp³-hybridized carbons (Fsp3) is 0.156. The van der Waals surface area contributed by atoms with Gasteiger partial charge in [-0.05, 0) is 119 Å². The standard InChI is InChI=1S/C45H34N2O/c1-2-10-31-28(9-1)25-41-36(31)16-7-17-37(41)42-23-21-29(26-46-42)32-12-5-15-35-33(13-6-14-34(32)35)30-22-24-43(47-27-30)40-19-8-18-39-38-11-3-4-20-44(38)48-45(39)40/h1,4,6-9,13-24,26-27H,2-3,5,10-12,25H2. The van der Waals surface area contributed by atoms with Crippen LogP contribution in [-0.4, -0.2) is 9.97 Å². The lowest BCUT2D eigenvalue weighted by Gasteiger charge is -2.15. The van der Waals surface area contributed by atoms with E-state index in [-0.39, 0.29) is 0 Å². The van der Waals surface area contributed by atoms with E-state index >= 15 is 0 Å². The van der Waals surface area contributed by atoms with Gasteiger partial charge in [-0.2, -0.15) is 0 Å². The van der Waals surface area contributed by atoms with Gasteiger partial charge < -0.3 is 4.42 Å². The number of allylic oxidation sites excluding steroid dienone is 5. The Morgan fingerprint density at radius 2 is 1.29 bits per heavy atom.